The van der Waals surface area contributed by atoms with Gasteiger partial charge in [0.05, 0.1) is 18.0 Å². The molecule has 3 heteroatoms. The van der Waals surface area contributed by atoms with E-state index in [0.717, 1.165) is 40.2 Å². The van der Waals surface area contributed by atoms with E-state index in [1.807, 2.05) is 85.8 Å². The van der Waals surface area contributed by atoms with E-state index in [1.165, 1.54) is 0 Å². The minimum Gasteiger partial charge on any atom is -0.494 e. The summed E-state index contributed by atoms with van der Waals surface area (Å²) in [5, 5.41) is 0. The van der Waals surface area contributed by atoms with Crippen molar-refractivity contribution in [1.29, 1.82) is 0 Å². The minimum atomic E-state index is 0.628. The lowest BCUT2D eigenvalue weighted by Gasteiger charge is -2.15. The first-order chi connectivity index (χ1) is 13.8. The quantitative estimate of drug-likeness (QED) is 0.390. The normalized spacial score (nSPS) is 10.6. The van der Waals surface area contributed by atoms with Crippen LogP contribution in [0.4, 0.5) is 0 Å². The van der Waals surface area contributed by atoms with E-state index in [1.54, 1.807) is 0 Å². The average molecular weight is 367 g/mol. The largest absolute Gasteiger partial charge is 0.494 e. The van der Waals surface area contributed by atoms with Gasteiger partial charge in [-0.1, -0.05) is 60.7 Å². The van der Waals surface area contributed by atoms with E-state index in [2.05, 4.69) is 16.7 Å². The molecule has 0 atom stereocenters. The third-order valence-electron chi connectivity index (χ3n) is 4.68. The molecule has 0 fully saturated rings. The maximum absolute atomic E-state index is 11.9. The summed E-state index contributed by atoms with van der Waals surface area (Å²) in [7, 11) is 0. The summed E-state index contributed by atoms with van der Waals surface area (Å²) in [6.45, 7) is 2.60. The molecule has 3 nitrogen and oxygen atoms in total. The van der Waals surface area contributed by atoms with Gasteiger partial charge >= 0.3 is 0 Å². The number of nitrogens with zero attached hydrogens (tertiary/aromatic N) is 1. The maximum atomic E-state index is 11.9. The highest BCUT2D eigenvalue weighted by molar-refractivity contribution is 5.91. The second kappa shape index (κ2) is 7.97. The fourth-order valence-corrected chi connectivity index (χ4v) is 3.46. The predicted octanol–water partition coefficient (Wildman–Crippen LogP) is 6.02. The standard InChI is InChI=1S/C25H21NO2/c1-2-28-23-15-13-22(14-16-23)26-24(19-9-5-3-6-10-19)17-21(18-27)25(26)20-11-7-4-8-12-20/h3-18H,2H2,1H3. The molecule has 0 N–H and O–H groups in total. The maximum Gasteiger partial charge on any atom is 0.152 e. The lowest BCUT2D eigenvalue weighted by Crippen LogP contribution is -2.01. The van der Waals surface area contributed by atoms with Crippen molar-refractivity contribution < 1.29 is 9.53 Å². The second-order valence-electron chi connectivity index (χ2n) is 6.45. The lowest BCUT2D eigenvalue weighted by molar-refractivity contribution is 0.112. The van der Waals surface area contributed by atoms with Crippen LogP contribution in [0.2, 0.25) is 0 Å². The number of aldehydes is 1. The van der Waals surface area contributed by atoms with Crippen molar-refractivity contribution in [1.82, 2.24) is 4.57 Å². The Balaban J connectivity index is 1.98. The van der Waals surface area contributed by atoms with Crippen molar-refractivity contribution in [2.75, 3.05) is 6.61 Å². The van der Waals surface area contributed by atoms with Crippen LogP contribution in [0.1, 0.15) is 17.3 Å². The first-order valence-corrected chi connectivity index (χ1v) is 9.37. The van der Waals surface area contributed by atoms with Gasteiger partial charge in [0.1, 0.15) is 5.75 Å². The number of hydrogen-bond acceptors (Lipinski definition) is 2. The zero-order valence-corrected chi connectivity index (χ0v) is 15.7. The predicted molar refractivity (Wildman–Crippen MR) is 113 cm³/mol. The molecule has 0 bridgehead atoms. The highest BCUT2D eigenvalue weighted by atomic mass is 16.5. The number of carbonyl (C=O) groups is 1. The third-order valence-corrected chi connectivity index (χ3v) is 4.68. The summed E-state index contributed by atoms with van der Waals surface area (Å²) < 4.78 is 7.73. The van der Waals surface area contributed by atoms with Crippen LogP contribution in [-0.2, 0) is 0 Å². The lowest BCUT2D eigenvalue weighted by atomic mass is 10.1. The van der Waals surface area contributed by atoms with E-state index < -0.39 is 0 Å². The van der Waals surface area contributed by atoms with E-state index >= 15 is 0 Å². The highest BCUT2D eigenvalue weighted by Gasteiger charge is 2.19. The summed E-state index contributed by atoms with van der Waals surface area (Å²) in [6, 6.07) is 30.1. The summed E-state index contributed by atoms with van der Waals surface area (Å²) >= 11 is 0. The molecule has 0 saturated heterocycles. The number of carbonyl (C=O) groups excluding carboxylic acids is 1. The zero-order valence-electron chi connectivity index (χ0n) is 15.7. The van der Waals surface area contributed by atoms with Crippen molar-refractivity contribution in [3.05, 3.63) is 96.6 Å². The Morgan fingerprint density at radius 2 is 1.43 bits per heavy atom. The van der Waals surface area contributed by atoms with Crippen molar-refractivity contribution >= 4 is 6.29 Å². The Morgan fingerprint density at radius 3 is 2.00 bits per heavy atom. The summed E-state index contributed by atoms with van der Waals surface area (Å²) in [6.07, 6.45) is 0.930. The van der Waals surface area contributed by atoms with Crippen LogP contribution in [0, 0.1) is 0 Å². The number of ether oxygens (including phenoxy) is 1. The molecular weight excluding hydrogens is 346 g/mol. The molecule has 1 aromatic heterocycles. The van der Waals surface area contributed by atoms with Crippen LogP contribution < -0.4 is 4.74 Å². The van der Waals surface area contributed by atoms with E-state index in [4.69, 9.17) is 4.74 Å². The highest BCUT2D eigenvalue weighted by Crippen LogP contribution is 2.35. The number of rotatable bonds is 6. The van der Waals surface area contributed by atoms with Gasteiger partial charge < -0.3 is 9.30 Å². The molecule has 1 heterocycles. The molecule has 3 aromatic carbocycles. The van der Waals surface area contributed by atoms with Crippen molar-refractivity contribution in [3.63, 3.8) is 0 Å². The van der Waals surface area contributed by atoms with Gasteiger partial charge in [-0.15, -0.1) is 0 Å². The molecule has 0 aliphatic heterocycles. The van der Waals surface area contributed by atoms with Gasteiger partial charge in [-0.3, -0.25) is 4.79 Å². The van der Waals surface area contributed by atoms with Gasteiger partial charge in [0, 0.05) is 11.3 Å². The van der Waals surface area contributed by atoms with Crippen molar-refractivity contribution in [2.45, 2.75) is 6.92 Å². The van der Waals surface area contributed by atoms with Crippen LogP contribution in [0.25, 0.3) is 28.2 Å². The Bertz CT molecular complexity index is 1070. The van der Waals surface area contributed by atoms with Crippen LogP contribution in [0.3, 0.4) is 0 Å². The van der Waals surface area contributed by atoms with Gasteiger partial charge in [0.25, 0.3) is 0 Å². The average Bonchev–Trinajstić information content (AvgIpc) is 3.15. The van der Waals surface area contributed by atoms with Crippen LogP contribution in [0.15, 0.2) is 91.0 Å². The van der Waals surface area contributed by atoms with Gasteiger partial charge in [0.2, 0.25) is 0 Å². The second-order valence-corrected chi connectivity index (χ2v) is 6.45. The topological polar surface area (TPSA) is 31.2 Å². The SMILES string of the molecule is CCOc1ccc(-n2c(-c3ccccc3)cc(C=O)c2-c2ccccc2)cc1. The molecule has 0 amide bonds. The first-order valence-electron chi connectivity index (χ1n) is 9.37. The Hall–Kier alpha value is -3.59. The summed E-state index contributed by atoms with van der Waals surface area (Å²) in [4.78, 5) is 11.9. The third kappa shape index (κ3) is 3.35. The minimum absolute atomic E-state index is 0.628. The van der Waals surface area contributed by atoms with E-state index in [0.29, 0.717) is 12.2 Å². The monoisotopic (exact) mass is 367 g/mol. The Labute approximate surface area is 164 Å². The number of hydrogen-bond donors (Lipinski definition) is 0. The molecular formula is C25H21NO2. The summed E-state index contributed by atoms with van der Waals surface area (Å²) in [5.74, 6) is 0.830. The molecule has 4 rings (SSSR count). The van der Waals surface area contributed by atoms with E-state index in [9.17, 15) is 4.79 Å². The molecule has 0 aliphatic carbocycles. The van der Waals surface area contributed by atoms with Crippen molar-refractivity contribution in [2.24, 2.45) is 0 Å². The number of benzene rings is 3. The first kappa shape index (κ1) is 17.8. The van der Waals surface area contributed by atoms with Crippen LogP contribution >= 0.6 is 0 Å². The molecule has 0 radical (unpaired) electrons. The Kier molecular flexibility index (Phi) is 5.07. The fraction of sp³-hybridized carbons (Fsp3) is 0.0800. The molecule has 0 saturated carbocycles. The molecule has 0 aliphatic rings. The van der Waals surface area contributed by atoms with Gasteiger partial charge in [-0.25, -0.2) is 0 Å². The van der Waals surface area contributed by atoms with E-state index in [-0.39, 0.29) is 0 Å². The van der Waals surface area contributed by atoms with Gasteiger partial charge in [-0.05, 0) is 48.4 Å². The smallest absolute Gasteiger partial charge is 0.152 e. The molecule has 4 aromatic rings. The number of aromatic nitrogens is 1. The Morgan fingerprint density at radius 1 is 0.821 bits per heavy atom. The summed E-state index contributed by atoms with van der Waals surface area (Å²) in [5.41, 5.74) is 5.57. The molecule has 0 spiro atoms. The van der Waals surface area contributed by atoms with Gasteiger partial charge in [0.15, 0.2) is 6.29 Å². The molecule has 28 heavy (non-hydrogen) atoms. The molecule has 138 valence electrons. The molecule has 0 unspecified atom stereocenters. The zero-order chi connectivity index (χ0) is 19.3. The fourth-order valence-electron chi connectivity index (χ4n) is 3.46. The van der Waals surface area contributed by atoms with Crippen LogP contribution in [-0.4, -0.2) is 17.5 Å². The van der Waals surface area contributed by atoms with Gasteiger partial charge in [-0.2, -0.15) is 0 Å². The van der Waals surface area contributed by atoms with Crippen molar-refractivity contribution in [3.8, 4) is 34.0 Å². The van der Waals surface area contributed by atoms with Crippen LogP contribution in [0.5, 0.6) is 5.75 Å².